The molecule has 1 aromatic heterocycles. The topological polar surface area (TPSA) is 33.2 Å². The Kier molecular flexibility index (Phi) is 6.66. The number of rotatable bonds is 4. The minimum atomic E-state index is -3.24. The highest BCUT2D eigenvalue weighted by Crippen LogP contribution is 2.58. The first kappa shape index (κ1) is 29.6. The molecule has 7 aromatic rings. The second kappa shape index (κ2) is 11.0. The van der Waals surface area contributed by atoms with Crippen LogP contribution in [0.4, 0.5) is 17.1 Å². The summed E-state index contributed by atoms with van der Waals surface area (Å²) in [5.74, 6) is 0. The average Bonchev–Trinajstić information content (AvgIpc) is 3.17. The van der Waals surface area contributed by atoms with Gasteiger partial charge in [0.15, 0.2) is 7.14 Å². The average molecular weight is 651 g/mol. The van der Waals surface area contributed by atoms with Crippen molar-refractivity contribution in [3.05, 3.63) is 210 Å². The molecule has 9 rings (SSSR count). The van der Waals surface area contributed by atoms with Gasteiger partial charge in [-0.25, -0.2) is 0 Å². The van der Waals surface area contributed by atoms with Gasteiger partial charge >= 0.3 is 0 Å². The summed E-state index contributed by atoms with van der Waals surface area (Å²) in [6, 6.07) is 59.2. The Morgan fingerprint density at radius 1 is 0.531 bits per heavy atom. The van der Waals surface area contributed by atoms with Crippen molar-refractivity contribution in [3.63, 3.8) is 0 Å². The molecule has 0 amide bonds. The van der Waals surface area contributed by atoms with E-state index in [9.17, 15) is 0 Å². The molecule has 236 valence electrons. The van der Waals surface area contributed by atoms with E-state index in [1.54, 1.807) is 0 Å². The van der Waals surface area contributed by atoms with Crippen molar-refractivity contribution in [1.29, 1.82) is 0 Å². The lowest BCUT2D eigenvalue weighted by molar-refractivity contribution is 0.589. The van der Waals surface area contributed by atoms with Crippen LogP contribution in [0.1, 0.15) is 47.4 Å². The van der Waals surface area contributed by atoms with Gasteiger partial charge in [-0.15, -0.1) is 0 Å². The highest BCUT2D eigenvalue weighted by atomic mass is 31.2. The second-order valence-corrected chi connectivity index (χ2v) is 16.2. The zero-order valence-corrected chi connectivity index (χ0v) is 28.4. The fraction of sp³-hybridized carbons (Fsp3) is 0.0889. The van der Waals surface area contributed by atoms with Crippen molar-refractivity contribution >= 4 is 40.1 Å². The summed E-state index contributed by atoms with van der Waals surface area (Å²) < 4.78 is 15.9. The summed E-state index contributed by atoms with van der Waals surface area (Å²) in [6.07, 6.45) is 1.88. The molecule has 0 spiro atoms. The lowest BCUT2D eigenvalue weighted by atomic mass is 9.64. The Morgan fingerprint density at radius 3 is 1.73 bits per heavy atom. The van der Waals surface area contributed by atoms with Gasteiger partial charge in [-0.3, -0.25) is 4.98 Å². The molecule has 3 heterocycles. The third-order valence-electron chi connectivity index (χ3n) is 10.6. The van der Waals surface area contributed by atoms with Gasteiger partial charge in [0.25, 0.3) is 0 Å². The number of nitrogens with zero attached hydrogens (tertiary/aromatic N) is 2. The van der Waals surface area contributed by atoms with Gasteiger partial charge in [0, 0.05) is 33.2 Å². The predicted molar refractivity (Wildman–Crippen MR) is 202 cm³/mol. The monoisotopic (exact) mass is 650 g/mol. The van der Waals surface area contributed by atoms with Crippen LogP contribution in [0.2, 0.25) is 0 Å². The number of pyridine rings is 1. The summed E-state index contributed by atoms with van der Waals surface area (Å²) in [7, 11) is -3.24. The fourth-order valence-corrected chi connectivity index (χ4v) is 11.6. The van der Waals surface area contributed by atoms with E-state index in [0.717, 1.165) is 49.7 Å². The van der Waals surface area contributed by atoms with Gasteiger partial charge in [0.2, 0.25) is 0 Å². The molecule has 0 unspecified atom stereocenters. The van der Waals surface area contributed by atoms with Crippen LogP contribution < -0.4 is 20.8 Å². The first-order chi connectivity index (χ1) is 24.0. The zero-order chi connectivity index (χ0) is 33.2. The lowest BCUT2D eigenvalue weighted by Gasteiger charge is -2.46. The third-order valence-corrected chi connectivity index (χ3v) is 13.8. The van der Waals surface area contributed by atoms with Crippen LogP contribution in [0.25, 0.3) is 0 Å². The summed E-state index contributed by atoms with van der Waals surface area (Å²) in [5, 5.41) is 2.56. The quantitative estimate of drug-likeness (QED) is 0.178. The van der Waals surface area contributed by atoms with E-state index < -0.39 is 12.6 Å². The van der Waals surface area contributed by atoms with Crippen LogP contribution in [0, 0.1) is 0 Å². The Labute approximate surface area is 287 Å². The van der Waals surface area contributed by atoms with Crippen molar-refractivity contribution in [1.82, 2.24) is 4.98 Å². The molecule has 6 aromatic carbocycles. The normalized spacial score (nSPS) is 20.0. The van der Waals surface area contributed by atoms with E-state index in [1.807, 2.05) is 54.7 Å². The Hall–Kier alpha value is -5.50. The number of hydrogen-bond donors (Lipinski definition) is 0. The Morgan fingerprint density at radius 2 is 1.08 bits per heavy atom. The van der Waals surface area contributed by atoms with Crippen LogP contribution in [0.5, 0.6) is 0 Å². The zero-order valence-electron chi connectivity index (χ0n) is 27.5. The van der Waals surface area contributed by atoms with Crippen molar-refractivity contribution in [3.8, 4) is 0 Å². The Bertz CT molecular complexity index is 2350. The number of anilines is 3. The maximum Gasteiger partial charge on any atom is 0.171 e. The molecule has 2 aliphatic rings. The van der Waals surface area contributed by atoms with Crippen molar-refractivity contribution in [2.24, 2.45) is 0 Å². The minimum Gasteiger partial charge on any atom is -0.310 e. The van der Waals surface area contributed by atoms with Crippen LogP contribution in [-0.4, -0.2) is 4.98 Å². The van der Waals surface area contributed by atoms with Crippen LogP contribution >= 0.6 is 7.14 Å². The molecule has 0 saturated heterocycles. The second-order valence-electron chi connectivity index (χ2n) is 13.5. The smallest absolute Gasteiger partial charge is 0.171 e. The molecule has 4 heteroatoms. The number of aromatic nitrogens is 1. The van der Waals surface area contributed by atoms with Crippen molar-refractivity contribution < 1.29 is 4.57 Å². The highest BCUT2D eigenvalue weighted by molar-refractivity contribution is 7.85. The Balaban J connectivity index is 1.40. The van der Waals surface area contributed by atoms with E-state index in [4.69, 9.17) is 4.98 Å². The van der Waals surface area contributed by atoms with E-state index in [-0.39, 0.29) is 5.41 Å². The summed E-state index contributed by atoms with van der Waals surface area (Å²) in [5.41, 5.74) is 8.87. The summed E-state index contributed by atoms with van der Waals surface area (Å²) in [4.78, 5) is 7.50. The predicted octanol–water partition coefficient (Wildman–Crippen LogP) is 9.53. The molecule has 0 saturated carbocycles. The lowest BCUT2D eigenvalue weighted by Crippen LogP contribution is -2.47. The number of fused-ring (bicyclic) bond motifs is 4. The van der Waals surface area contributed by atoms with E-state index >= 15 is 4.57 Å². The van der Waals surface area contributed by atoms with Gasteiger partial charge in [0.05, 0.1) is 22.5 Å². The SMILES string of the molecule is CC1(C)c2ccccc2N(c2ccccc2)c2ccc(C3(c4ccccn4)c4ccccc4P(=O)(c4ccccc4)c4ccccc43)cc21. The maximum atomic E-state index is 15.9. The minimum absolute atomic E-state index is 0.300. The fourth-order valence-electron chi connectivity index (χ4n) is 8.43. The first-order valence-corrected chi connectivity index (χ1v) is 18.5. The third kappa shape index (κ3) is 4.09. The summed E-state index contributed by atoms with van der Waals surface area (Å²) >= 11 is 0. The summed E-state index contributed by atoms with van der Waals surface area (Å²) in [6.45, 7) is 4.66. The van der Waals surface area contributed by atoms with Gasteiger partial charge in [-0.05, 0) is 64.2 Å². The van der Waals surface area contributed by atoms with Gasteiger partial charge in [-0.1, -0.05) is 147 Å². The van der Waals surface area contributed by atoms with Crippen LogP contribution in [0.15, 0.2) is 176 Å². The molecular weight excluding hydrogens is 615 g/mol. The highest BCUT2D eigenvalue weighted by Gasteiger charge is 2.52. The molecule has 0 aliphatic carbocycles. The first-order valence-electron chi connectivity index (χ1n) is 16.8. The van der Waals surface area contributed by atoms with E-state index in [2.05, 4.69) is 140 Å². The van der Waals surface area contributed by atoms with E-state index in [0.29, 0.717) is 0 Å². The molecular formula is C45H35N2OP. The largest absolute Gasteiger partial charge is 0.310 e. The standard InChI is InChI=1S/C45H35N2OP/c1-44(2)35-21-9-12-24-39(35)47(33-17-5-3-6-18-33)40-29-28-32(31-38(40)44)45(43-27-15-16-30-46-43)36-22-10-13-25-41(36)49(48,34-19-7-4-8-20-34)42-26-14-11-23-37(42)45/h3-31H,1-2H3. The number of benzene rings is 6. The molecule has 0 N–H and O–H groups in total. The molecule has 3 nitrogen and oxygen atoms in total. The van der Waals surface area contributed by atoms with E-state index in [1.165, 1.54) is 16.8 Å². The van der Waals surface area contributed by atoms with Gasteiger partial charge in [0.1, 0.15) is 0 Å². The molecule has 2 aliphatic heterocycles. The molecule has 0 atom stereocenters. The molecule has 0 bridgehead atoms. The van der Waals surface area contributed by atoms with Crippen molar-refractivity contribution in [2.45, 2.75) is 24.7 Å². The van der Waals surface area contributed by atoms with Gasteiger partial charge < -0.3 is 9.46 Å². The van der Waals surface area contributed by atoms with Crippen LogP contribution in [0.3, 0.4) is 0 Å². The molecule has 0 fully saturated rings. The van der Waals surface area contributed by atoms with Crippen molar-refractivity contribution in [2.75, 3.05) is 4.90 Å². The molecule has 0 radical (unpaired) electrons. The number of para-hydroxylation sites is 2. The van der Waals surface area contributed by atoms with Crippen LogP contribution in [-0.2, 0) is 15.4 Å². The van der Waals surface area contributed by atoms with Gasteiger partial charge in [-0.2, -0.15) is 0 Å². The molecule has 49 heavy (non-hydrogen) atoms. The number of hydrogen-bond acceptors (Lipinski definition) is 3. The maximum absolute atomic E-state index is 15.9.